The minimum Gasteiger partial charge on any atom is -0.459 e. The van der Waals surface area contributed by atoms with Crippen LogP contribution in [0.3, 0.4) is 0 Å². The number of aromatic nitrogens is 2. The molecule has 1 aliphatic heterocycles. The van der Waals surface area contributed by atoms with E-state index in [9.17, 15) is 0 Å². The third-order valence-electron chi connectivity index (χ3n) is 3.83. The van der Waals surface area contributed by atoms with Gasteiger partial charge in [0.15, 0.2) is 0 Å². The molecule has 122 valence electrons. The average Bonchev–Trinajstić information content (AvgIpc) is 2.82. The standard InChI is InChI=1S/C17H27N3O2/c1-3-5-7-16(14-20-8-6-10-21-11-9-20)22-17-18-12-15(4-2)13-19-17/h3,12-13,16H,1,4-11,14H2,2H3/t16-/m1/s1. The Morgan fingerprint density at radius 3 is 2.91 bits per heavy atom. The molecule has 0 unspecified atom stereocenters. The molecule has 0 aromatic carbocycles. The van der Waals surface area contributed by atoms with Crippen LogP contribution in [0.4, 0.5) is 0 Å². The maximum Gasteiger partial charge on any atom is 0.316 e. The fourth-order valence-corrected chi connectivity index (χ4v) is 2.49. The Labute approximate surface area is 133 Å². The van der Waals surface area contributed by atoms with Crippen molar-refractivity contribution in [3.05, 3.63) is 30.6 Å². The molecule has 0 amide bonds. The molecule has 1 atom stereocenters. The van der Waals surface area contributed by atoms with Crippen LogP contribution in [0.15, 0.2) is 25.0 Å². The van der Waals surface area contributed by atoms with Crippen molar-refractivity contribution in [1.82, 2.24) is 14.9 Å². The summed E-state index contributed by atoms with van der Waals surface area (Å²) in [6.45, 7) is 10.5. The Hall–Kier alpha value is -1.46. The van der Waals surface area contributed by atoms with E-state index in [0.717, 1.165) is 64.1 Å². The van der Waals surface area contributed by atoms with E-state index in [1.54, 1.807) is 0 Å². The van der Waals surface area contributed by atoms with E-state index < -0.39 is 0 Å². The lowest BCUT2D eigenvalue weighted by Crippen LogP contribution is -2.37. The lowest BCUT2D eigenvalue weighted by atomic mass is 10.2. The molecule has 0 bridgehead atoms. The van der Waals surface area contributed by atoms with Gasteiger partial charge in [-0.05, 0) is 31.2 Å². The summed E-state index contributed by atoms with van der Waals surface area (Å²) < 4.78 is 11.5. The summed E-state index contributed by atoms with van der Waals surface area (Å²) in [6.07, 6.45) is 9.58. The van der Waals surface area contributed by atoms with Crippen LogP contribution < -0.4 is 4.74 Å². The molecule has 2 rings (SSSR count). The molecular weight excluding hydrogens is 278 g/mol. The van der Waals surface area contributed by atoms with Crippen molar-refractivity contribution >= 4 is 0 Å². The van der Waals surface area contributed by atoms with Gasteiger partial charge < -0.3 is 9.47 Å². The van der Waals surface area contributed by atoms with Crippen LogP contribution in [0.2, 0.25) is 0 Å². The Morgan fingerprint density at radius 2 is 2.18 bits per heavy atom. The number of allylic oxidation sites excluding steroid dienone is 1. The van der Waals surface area contributed by atoms with E-state index in [1.807, 2.05) is 18.5 Å². The molecule has 1 aromatic heterocycles. The minimum absolute atomic E-state index is 0.0866. The monoisotopic (exact) mass is 305 g/mol. The summed E-state index contributed by atoms with van der Waals surface area (Å²) in [4.78, 5) is 11.0. The highest BCUT2D eigenvalue weighted by molar-refractivity contribution is 5.07. The van der Waals surface area contributed by atoms with Crippen molar-refractivity contribution < 1.29 is 9.47 Å². The zero-order chi connectivity index (χ0) is 15.6. The lowest BCUT2D eigenvalue weighted by Gasteiger charge is -2.25. The minimum atomic E-state index is 0.0866. The smallest absolute Gasteiger partial charge is 0.316 e. The topological polar surface area (TPSA) is 47.5 Å². The van der Waals surface area contributed by atoms with Crippen LogP contribution in [0.25, 0.3) is 0 Å². The summed E-state index contributed by atoms with van der Waals surface area (Å²) >= 11 is 0. The molecule has 1 aromatic rings. The second-order valence-corrected chi connectivity index (χ2v) is 5.60. The highest BCUT2D eigenvalue weighted by Gasteiger charge is 2.18. The van der Waals surface area contributed by atoms with Gasteiger partial charge in [-0.3, -0.25) is 4.90 Å². The second kappa shape index (κ2) is 9.54. The molecule has 0 saturated carbocycles. The SMILES string of the molecule is C=CCC[C@H](CN1CCCOCC1)Oc1ncc(CC)cn1. The first-order valence-electron chi connectivity index (χ1n) is 8.20. The Kier molecular flexibility index (Phi) is 7.33. The molecule has 0 radical (unpaired) electrons. The Bertz CT molecular complexity index is 428. The summed E-state index contributed by atoms with van der Waals surface area (Å²) in [5.41, 5.74) is 1.12. The number of hydrogen-bond donors (Lipinski definition) is 0. The molecule has 5 nitrogen and oxygen atoms in total. The molecular formula is C17H27N3O2. The van der Waals surface area contributed by atoms with Crippen LogP contribution >= 0.6 is 0 Å². The second-order valence-electron chi connectivity index (χ2n) is 5.60. The van der Waals surface area contributed by atoms with Crippen LogP contribution in [-0.2, 0) is 11.2 Å². The highest BCUT2D eigenvalue weighted by Crippen LogP contribution is 2.12. The first-order chi connectivity index (χ1) is 10.8. The summed E-state index contributed by atoms with van der Waals surface area (Å²) in [7, 11) is 0. The number of ether oxygens (including phenoxy) is 2. The highest BCUT2D eigenvalue weighted by atomic mass is 16.5. The fraction of sp³-hybridized carbons (Fsp3) is 0.647. The number of rotatable bonds is 8. The largest absolute Gasteiger partial charge is 0.459 e. The zero-order valence-corrected chi connectivity index (χ0v) is 13.5. The third-order valence-corrected chi connectivity index (χ3v) is 3.83. The van der Waals surface area contributed by atoms with Crippen molar-refractivity contribution in [3.8, 4) is 6.01 Å². The number of hydrogen-bond acceptors (Lipinski definition) is 5. The van der Waals surface area contributed by atoms with Gasteiger partial charge in [0, 0.05) is 38.6 Å². The van der Waals surface area contributed by atoms with E-state index in [-0.39, 0.29) is 6.10 Å². The summed E-state index contributed by atoms with van der Waals surface area (Å²) in [5.74, 6) is 0. The Morgan fingerprint density at radius 1 is 1.36 bits per heavy atom. The molecule has 1 saturated heterocycles. The maximum absolute atomic E-state index is 6.01. The van der Waals surface area contributed by atoms with Gasteiger partial charge in [-0.25, -0.2) is 9.97 Å². The molecule has 1 fully saturated rings. The first-order valence-corrected chi connectivity index (χ1v) is 8.20. The average molecular weight is 305 g/mol. The van der Waals surface area contributed by atoms with E-state index >= 15 is 0 Å². The molecule has 1 aliphatic rings. The maximum atomic E-state index is 6.01. The number of aryl methyl sites for hydroxylation is 1. The van der Waals surface area contributed by atoms with Gasteiger partial charge in [0.25, 0.3) is 0 Å². The molecule has 2 heterocycles. The quantitative estimate of drug-likeness (QED) is 0.691. The zero-order valence-electron chi connectivity index (χ0n) is 13.5. The van der Waals surface area contributed by atoms with Gasteiger partial charge in [0.05, 0.1) is 6.61 Å². The van der Waals surface area contributed by atoms with Gasteiger partial charge in [0.1, 0.15) is 6.10 Å². The number of nitrogens with zero attached hydrogens (tertiary/aromatic N) is 3. The normalized spacial score (nSPS) is 17.7. The predicted octanol–water partition coefficient (Wildman–Crippen LogP) is 2.47. The van der Waals surface area contributed by atoms with E-state index in [2.05, 4.69) is 28.4 Å². The third kappa shape index (κ3) is 5.73. The van der Waals surface area contributed by atoms with Crippen molar-refractivity contribution in [2.45, 2.75) is 38.7 Å². The molecule has 0 spiro atoms. The fourth-order valence-electron chi connectivity index (χ4n) is 2.49. The molecule has 5 heteroatoms. The van der Waals surface area contributed by atoms with Crippen LogP contribution in [0, 0.1) is 0 Å². The van der Waals surface area contributed by atoms with Gasteiger partial charge in [-0.15, -0.1) is 6.58 Å². The lowest BCUT2D eigenvalue weighted by molar-refractivity contribution is 0.106. The van der Waals surface area contributed by atoms with E-state index in [0.29, 0.717) is 6.01 Å². The molecule has 0 N–H and O–H groups in total. The van der Waals surface area contributed by atoms with Crippen molar-refractivity contribution in [3.63, 3.8) is 0 Å². The van der Waals surface area contributed by atoms with Crippen molar-refractivity contribution in [2.75, 3.05) is 32.8 Å². The summed E-state index contributed by atoms with van der Waals surface area (Å²) in [5, 5.41) is 0. The van der Waals surface area contributed by atoms with E-state index in [1.165, 1.54) is 0 Å². The van der Waals surface area contributed by atoms with E-state index in [4.69, 9.17) is 9.47 Å². The van der Waals surface area contributed by atoms with Gasteiger partial charge >= 0.3 is 6.01 Å². The summed E-state index contributed by atoms with van der Waals surface area (Å²) in [6, 6.07) is 0.470. The van der Waals surface area contributed by atoms with Crippen molar-refractivity contribution in [1.29, 1.82) is 0 Å². The van der Waals surface area contributed by atoms with Crippen LogP contribution in [0.5, 0.6) is 6.01 Å². The van der Waals surface area contributed by atoms with Gasteiger partial charge in [-0.2, -0.15) is 0 Å². The predicted molar refractivity (Wildman–Crippen MR) is 87.1 cm³/mol. The molecule has 22 heavy (non-hydrogen) atoms. The van der Waals surface area contributed by atoms with Gasteiger partial charge in [0.2, 0.25) is 0 Å². The van der Waals surface area contributed by atoms with Crippen LogP contribution in [-0.4, -0.2) is 53.8 Å². The van der Waals surface area contributed by atoms with Crippen molar-refractivity contribution in [2.24, 2.45) is 0 Å². The van der Waals surface area contributed by atoms with Crippen LogP contribution in [0.1, 0.15) is 31.7 Å². The first kappa shape index (κ1) is 16.9. The molecule has 0 aliphatic carbocycles. The Balaban J connectivity index is 1.92. The van der Waals surface area contributed by atoms with Gasteiger partial charge in [-0.1, -0.05) is 13.0 Å².